The minimum atomic E-state index is 0.624. The highest BCUT2D eigenvalue weighted by Crippen LogP contribution is 2.36. The van der Waals surface area contributed by atoms with Crippen LogP contribution < -0.4 is 0 Å². The fourth-order valence-corrected chi connectivity index (χ4v) is 6.76. The topological polar surface area (TPSA) is 76.7 Å². The highest BCUT2D eigenvalue weighted by atomic mass is 15.1. The van der Waals surface area contributed by atoms with Crippen molar-refractivity contribution in [3.8, 4) is 39.9 Å². The molecular formula is C40H25N7. The van der Waals surface area contributed by atoms with Crippen LogP contribution >= 0.6 is 0 Å². The summed E-state index contributed by atoms with van der Waals surface area (Å²) >= 11 is 0. The zero-order chi connectivity index (χ0) is 30.9. The van der Waals surface area contributed by atoms with Crippen LogP contribution in [-0.4, -0.2) is 33.9 Å². The van der Waals surface area contributed by atoms with Gasteiger partial charge < -0.3 is 9.55 Å². The molecule has 10 aromatic rings. The van der Waals surface area contributed by atoms with E-state index in [9.17, 15) is 0 Å². The van der Waals surface area contributed by atoms with E-state index in [0.29, 0.717) is 17.5 Å². The maximum atomic E-state index is 4.99. The van der Waals surface area contributed by atoms with Crippen molar-refractivity contribution in [1.82, 2.24) is 33.9 Å². The molecule has 4 heterocycles. The summed E-state index contributed by atoms with van der Waals surface area (Å²) in [4.78, 5) is 23.3. The van der Waals surface area contributed by atoms with Crippen LogP contribution in [0.3, 0.4) is 0 Å². The number of hydrogen-bond acceptors (Lipinski definition) is 4. The molecule has 0 aliphatic carbocycles. The summed E-state index contributed by atoms with van der Waals surface area (Å²) in [6.45, 7) is 0. The van der Waals surface area contributed by atoms with Crippen LogP contribution in [0.2, 0.25) is 0 Å². The highest BCUT2D eigenvalue weighted by Gasteiger charge is 2.18. The van der Waals surface area contributed by atoms with Gasteiger partial charge in [0.15, 0.2) is 17.5 Å². The number of para-hydroxylation sites is 3. The number of nitrogens with zero attached hydrogens (tertiary/aromatic N) is 6. The van der Waals surface area contributed by atoms with Crippen molar-refractivity contribution in [1.29, 1.82) is 0 Å². The molecule has 220 valence electrons. The van der Waals surface area contributed by atoms with E-state index in [1.807, 2.05) is 66.7 Å². The minimum absolute atomic E-state index is 0.624. The molecule has 0 spiro atoms. The standard InChI is InChI=1S/C40H25N7/c1-3-12-25(13-4-1)37-43-38(26-14-5-2-6-15-26)45-39(44-37)27-16-11-17-28(22-27)46-33-20-9-7-18-29(33)30-23-32-36(24-35(30)46)47-34-21-10-8-19-31(34)41-40(47)42-32/h1-24H,(H,41,42). The van der Waals surface area contributed by atoms with E-state index in [1.165, 1.54) is 5.39 Å². The molecule has 7 heteroatoms. The number of aromatic amines is 1. The van der Waals surface area contributed by atoms with Gasteiger partial charge >= 0.3 is 0 Å². The van der Waals surface area contributed by atoms with Gasteiger partial charge in [0.1, 0.15) is 0 Å². The highest BCUT2D eigenvalue weighted by molar-refractivity contribution is 6.13. The van der Waals surface area contributed by atoms with Crippen molar-refractivity contribution < 1.29 is 0 Å². The van der Waals surface area contributed by atoms with Crippen molar-refractivity contribution in [2.24, 2.45) is 0 Å². The molecule has 0 atom stereocenters. The van der Waals surface area contributed by atoms with Crippen LogP contribution in [0.5, 0.6) is 0 Å². The second-order valence-corrected chi connectivity index (χ2v) is 11.7. The lowest BCUT2D eigenvalue weighted by Crippen LogP contribution is -2.01. The third-order valence-corrected chi connectivity index (χ3v) is 8.90. The summed E-state index contributed by atoms with van der Waals surface area (Å²) in [6.07, 6.45) is 0. The van der Waals surface area contributed by atoms with Crippen molar-refractivity contribution in [2.75, 3.05) is 0 Å². The maximum Gasteiger partial charge on any atom is 0.213 e. The molecule has 0 amide bonds. The van der Waals surface area contributed by atoms with Crippen molar-refractivity contribution in [3.63, 3.8) is 0 Å². The normalized spacial score (nSPS) is 11.8. The Morgan fingerprint density at radius 2 is 1.04 bits per heavy atom. The van der Waals surface area contributed by atoms with Gasteiger partial charge in [-0.1, -0.05) is 103 Å². The molecule has 1 N–H and O–H groups in total. The Bertz CT molecular complexity index is 2730. The Balaban J connectivity index is 1.21. The third kappa shape index (κ3) is 4.00. The summed E-state index contributed by atoms with van der Waals surface area (Å²) in [6, 6.07) is 50.0. The number of rotatable bonds is 4. The Morgan fingerprint density at radius 1 is 0.426 bits per heavy atom. The van der Waals surface area contributed by atoms with Gasteiger partial charge in [-0.25, -0.2) is 19.9 Å². The molecule has 0 saturated heterocycles. The minimum Gasteiger partial charge on any atom is -0.323 e. The summed E-state index contributed by atoms with van der Waals surface area (Å²) in [5, 5.41) is 2.33. The Labute approximate surface area is 268 Å². The van der Waals surface area contributed by atoms with Gasteiger partial charge in [-0.3, -0.25) is 4.40 Å². The number of hydrogen-bond donors (Lipinski definition) is 1. The molecule has 6 aromatic carbocycles. The van der Waals surface area contributed by atoms with Crippen molar-refractivity contribution in [3.05, 3.63) is 146 Å². The van der Waals surface area contributed by atoms with E-state index in [1.54, 1.807) is 0 Å². The van der Waals surface area contributed by atoms with Crippen LogP contribution in [0.4, 0.5) is 0 Å². The van der Waals surface area contributed by atoms with Gasteiger partial charge in [-0.2, -0.15) is 0 Å². The number of nitrogens with one attached hydrogen (secondary N) is 1. The second kappa shape index (κ2) is 9.95. The molecule has 0 bridgehead atoms. The predicted molar refractivity (Wildman–Crippen MR) is 189 cm³/mol. The molecule has 47 heavy (non-hydrogen) atoms. The fraction of sp³-hybridized carbons (Fsp3) is 0. The number of aromatic nitrogens is 7. The zero-order valence-corrected chi connectivity index (χ0v) is 25.0. The van der Waals surface area contributed by atoms with Crippen LogP contribution in [0.25, 0.3) is 89.5 Å². The van der Waals surface area contributed by atoms with Crippen LogP contribution in [-0.2, 0) is 0 Å². The van der Waals surface area contributed by atoms with Gasteiger partial charge in [0.25, 0.3) is 0 Å². The quantitative estimate of drug-likeness (QED) is 0.218. The number of H-pyrrole nitrogens is 1. The Kier molecular flexibility index (Phi) is 5.44. The van der Waals surface area contributed by atoms with Crippen molar-refractivity contribution in [2.45, 2.75) is 0 Å². The average Bonchev–Trinajstić information content (AvgIpc) is 3.79. The first-order chi connectivity index (χ1) is 23.3. The van der Waals surface area contributed by atoms with Gasteiger partial charge in [-0.05, 0) is 42.5 Å². The van der Waals surface area contributed by atoms with Crippen LogP contribution in [0, 0.1) is 0 Å². The Morgan fingerprint density at radius 3 is 1.79 bits per heavy atom. The first-order valence-corrected chi connectivity index (χ1v) is 15.6. The van der Waals surface area contributed by atoms with Gasteiger partial charge in [0.05, 0.1) is 33.1 Å². The molecule has 0 aliphatic rings. The summed E-state index contributed by atoms with van der Waals surface area (Å²) in [5.74, 6) is 2.74. The molecule has 7 nitrogen and oxygen atoms in total. The predicted octanol–water partition coefficient (Wildman–Crippen LogP) is 9.25. The lowest BCUT2D eigenvalue weighted by Gasteiger charge is -2.11. The molecule has 0 radical (unpaired) electrons. The number of imidazole rings is 2. The van der Waals surface area contributed by atoms with Gasteiger partial charge in [0.2, 0.25) is 5.78 Å². The molecule has 10 rings (SSSR count). The average molecular weight is 604 g/mol. The van der Waals surface area contributed by atoms with Crippen LogP contribution in [0.1, 0.15) is 0 Å². The zero-order valence-electron chi connectivity index (χ0n) is 25.0. The number of fused-ring (bicyclic) bond motifs is 8. The van der Waals surface area contributed by atoms with E-state index >= 15 is 0 Å². The van der Waals surface area contributed by atoms with E-state index in [0.717, 1.165) is 66.6 Å². The second-order valence-electron chi connectivity index (χ2n) is 11.7. The maximum absolute atomic E-state index is 4.99. The van der Waals surface area contributed by atoms with E-state index in [4.69, 9.17) is 19.9 Å². The first-order valence-electron chi connectivity index (χ1n) is 15.6. The third-order valence-electron chi connectivity index (χ3n) is 8.90. The fourth-order valence-electron chi connectivity index (χ4n) is 6.76. The summed E-state index contributed by atoms with van der Waals surface area (Å²) in [7, 11) is 0. The SMILES string of the molecule is c1ccc(-c2nc(-c3ccccc3)nc(-c3cccc(-n4c5ccccc5c5cc6nc7[nH]c8ccccc8n7c6cc54)c3)n2)cc1. The van der Waals surface area contributed by atoms with Gasteiger partial charge in [-0.15, -0.1) is 0 Å². The largest absolute Gasteiger partial charge is 0.323 e. The van der Waals surface area contributed by atoms with E-state index in [2.05, 4.69) is 92.8 Å². The number of benzene rings is 6. The molecule has 0 fully saturated rings. The summed E-state index contributed by atoms with van der Waals surface area (Å²) in [5.41, 5.74) is 10.2. The molecular weight excluding hydrogens is 578 g/mol. The van der Waals surface area contributed by atoms with Crippen molar-refractivity contribution >= 4 is 49.7 Å². The molecule has 0 saturated carbocycles. The Hall–Kier alpha value is -6.60. The first kappa shape index (κ1) is 25.7. The van der Waals surface area contributed by atoms with E-state index in [-0.39, 0.29) is 0 Å². The monoisotopic (exact) mass is 603 g/mol. The summed E-state index contributed by atoms with van der Waals surface area (Å²) < 4.78 is 4.54. The lowest BCUT2D eigenvalue weighted by atomic mass is 10.1. The van der Waals surface area contributed by atoms with Gasteiger partial charge in [0, 0.05) is 33.2 Å². The molecule has 0 unspecified atom stereocenters. The molecule has 4 aromatic heterocycles. The van der Waals surface area contributed by atoms with Crippen LogP contribution in [0.15, 0.2) is 146 Å². The lowest BCUT2D eigenvalue weighted by molar-refractivity contribution is 1.07. The molecule has 0 aliphatic heterocycles. The van der Waals surface area contributed by atoms with E-state index < -0.39 is 0 Å². The smallest absolute Gasteiger partial charge is 0.213 e.